The third kappa shape index (κ3) is 2.45. The molecular weight excluding hydrogens is 299 g/mol. The molecule has 0 aliphatic heterocycles. The van der Waals surface area contributed by atoms with E-state index in [1.165, 1.54) is 11.3 Å². The molecular formula is C10H8Cl2N2O3S. The van der Waals surface area contributed by atoms with Crippen molar-refractivity contribution in [2.75, 3.05) is 12.3 Å². The summed E-state index contributed by atoms with van der Waals surface area (Å²) in [6.07, 6.45) is 0. The first-order valence-corrected chi connectivity index (χ1v) is 6.48. The highest BCUT2D eigenvalue weighted by Crippen LogP contribution is 2.38. The van der Waals surface area contributed by atoms with Crippen molar-refractivity contribution < 1.29 is 13.9 Å². The van der Waals surface area contributed by atoms with Crippen LogP contribution in [-0.2, 0) is 4.74 Å². The van der Waals surface area contributed by atoms with Crippen molar-refractivity contribution in [3.05, 3.63) is 20.4 Å². The van der Waals surface area contributed by atoms with E-state index in [1.807, 2.05) is 0 Å². The maximum atomic E-state index is 11.5. The molecule has 0 bridgehead atoms. The number of ether oxygens (including phenoxy) is 1. The third-order valence-electron chi connectivity index (χ3n) is 2.01. The van der Waals surface area contributed by atoms with Crippen LogP contribution in [0.5, 0.6) is 0 Å². The van der Waals surface area contributed by atoms with Gasteiger partial charge in [0.05, 0.1) is 16.5 Å². The van der Waals surface area contributed by atoms with E-state index in [1.54, 1.807) is 13.0 Å². The predicted molar refractivity (Wildman–Crippen MR) is 70.2 cm³/mol. The van der Waals surface area contributed by atoms with Gasteiger partial charge in [-0.15, -0.1) is 11.3 Å². The first-order valence-electron chi connectivity index (χ1n) is 4.91. The number of carbonyl (C=O) groups is 1. The molecule has 0 aliphatic rings. The van der Waals surface area contributed by atoms with Crippen LogP contribution >= 0.6 is 34.5 Å². The SMILES string of the molecule is CCOC(=O)c1nc(-c2cc(Cl)sc2Cl)oc1N. The zero-order valence-corrected chi connectivity index (χ0v) is 11.5. The standard InChI is InChI=1S/C10H8Cl2N2O3S/c1-2-16-10(15)6-8(13)17-9(14-6)4-3-5(11)18-7(4)12/h3H,2,13H2,1H3. The van der Waals surface area contributed by atoms with Gasteiger partial charge in [0, 0.05) is 0 Å². The fourth-order valence-electron chi connectivity index (χ4n) is 1.28. The molecule has 2 rings (SSSR count). The normalized spacial score (nSPS) is 10.6. The van der Waals surface area contributed by atoms with Crippen molar-refractivity contribution in [2.24, 2.45) is 0 Å². The molecule has 0 spiro atoms. The molecule has 0 unspecified atom stereocenters. The Bertz CT molecular complexity index is 594. The van der Waals surface area contributed by atoms with E-state index in [9.17, 15) is 4.79 Å². The van der Waals surface area contributed by atoms with Gasteiger partial charge in [-0.05, 0) is 13.0 Å². The van der Waals surface area contributed by atoms with E-state index in [0.717, 1.165) is 0 Å². The van der Waals surface area contributed by atoms with Gasteiger partial charge < -0.3 is 14.9 Å². The molecule has 0 aromatic carbocycles. The van der Waals surface area contributed by atoms with Crippen LogP contribution in [0.15, 0.2) is 10.5 Å². The maximum Gasteiger partial charge on any atom is 0.362 e. The second-order valence-corrected chi connectivity index (χ2v) is 5.48. The number of rotatable bonds is 3. The summed E-state index contributed by atoms with van der Waals surface area (Å²) in [4.78, 5) is 15.5. The van der Waals surface area contributed by atoms with Crippen LogP contribution in [-0.4, -0.2) is 17.6 Å². The van der Waals surface area contributed by atoms with Crippen molar-refractivity contribution >= 4 is 46.4 Å². The summed E-state index contributed by atoms with van der Waals surface area (Å²) < 4.78 is 10.9. The number of hydrogen-bond acceptors (Lipinski definition) is 6. The van der Waals surface area contributed by atoms with Crippen LogP contribution in [0.25, 0.3) is 11.5 Å². The van der Waals surface area contributed by atoms with Gasteiger partial charge in [-0.3, -0.25) is 0 Å². The van der Waals surface area contributed by atoms with Crippen molar-refractivity contribution in [3.8, 4) is 11.5 Å². The van der Waals surface area contributed by atoms with Gasteiger partial charge in [-0.25, -0.2) is 4.79 Å². The quantitative estimate of drug-likeness (QED) is 0.878. The molecule has 0 saturated heterocycles. The van der Waals surface area contributed by atoms with Crippen molar-refractivity contribution in [3.63, 3.8) is 0 Å². The fourth-order valence-corrected chi connectivity index (χ4v) is 2.73. The average Bonchev–Trinajstić information content (AvgIpc) is 2.82. The van der Waals surface area contributed by atoms with Crippen LogP contribution in [0.2, 0.25) is 8.67 Å². The van der Waals surface area contributed by atoms with Crippen LogP contribution in [0.3, 0.4) is 0 Å². The summed E-state index contributed by atoms with van der Waals surface area (Å²) in [7, 11) is 0. The number of aromatic nitrogens is 1. The molecule has 0 aliphatic carbocycles. The highest BCUT2D eigenvalue weighted by Gasteiger charge is 2.22. The van der Waals surface area contributed by atoms with Crippen LogP contribution in [0, 0.1) is 0 Å². The van der Waals surface area contributed by atoms with Crippen LogP contribution in [0.1, 0.15) is 17.4 Å². The zero-order valence-electron chi connectivity index (χ0n) is 9.20. The summed E-state index contributed by atoms with van der Waals surface area (Å²) in [6.45, 7) is 1.91. The minimum absolute atomic E-state index is 0.0646. The van der Waals surface area contributed by atoms with Crippen LogP contribution in [0.4, 0.5) is 5.88 Å². The smallest absolute Gasteiger partial charge is 0.362 e. The second-order valence-electron chi connectivity index (χ2n) is 3.19. The van der Waals surface area contributed by atoms with Gasteiger partial charge in [0.1, 0.15) is 4.34 Å². The average molecular weight is 307 g/mol. The number of hydrogen-bond donors (Lipinski definition) is 1. The van der Waals surface area contributed by atoms with E-state index in [0.29, 0.717) is 14.2 Å². The monoisotopic (exact) mass is 306 g/mol. The lowest BCUT2D eigenvalue weighted by Crippen LogP contribution is -2.07. The third-order valence-corrected chi connectivity index (χ3v) is 3.50. The maximum absolute atomic E-state index is 11.5. The summed E-state index contributed by atoms with van der Waals surface area (Å²) in [5.41, 5.74) is 5.99. The number of oxazole rings is 1. The Balaban J connectivity index is 2.40. The van der Waals surface area contributed by atoms with E-state index in [4.69, 9.17) is 38.1 Å². The molecule has 2 N–H and O–H groups in total. The fraction of sp³-hybridized carbons (Fsp3) is 0.200. The first-order chi connectivity index (χ1) is 8.52. The summed E-state index contributed by atoms with van der Waals surface area (Å²) >= 11 is 12.9. The Labute approximate surface area is 116 Å². The van der Waals surface area contributed by atoms with Gasteiger partial charge >= 0.3 is 5.97 Å². The number of carbonyl (C=O) groups excluding carboxylic acids is 1. The Morgan fingerprint density at radius 3 is 2.89 bits per heavy atom. The summed E-state index contributed by atoms with van der Waals surface area (Å²) in [6, 6.07) is 1.59. The highest BCUT2D eigenvalue weighted by molar-refractivity contribution is 7.20. The molecule has 2 aromatic rings. The number of thiophene rings is 1. The first kappa shape index (κ1) is 13.2. The minimum atomic E-state index is -0.637. The van der Waals surface area contributed by atoms with Crippen molar-refractivity contribution in [1.82, 2.24) is 4.98 Å². The molecule has 2 aromatic heterocycles. The lowest BCUT2D eigenvalue weighted by molar-refractivity contribution is 0.0521. The molecule has 0 radical (unpaired) electrons. The van der Waals surface area contributed by atoms with Gasteiger partial charge in [0.2, 0.25) is 17.5 Å². The van der Waals surface area contributed by atoms with E-state index in [-0.39, 0.29) is 24.1 Å². The Kier molecular flexibility index (Phi) is 3.79. The number of nitrogen functional groups attached to an aromatic ring is 1. The molecule has 8 heteroatoms. The molecule has 2 heterocycles. The largest absolute Gasteiger partial charge is 0.461 e. The topological polar surface area (TPSA) is 78.3 Å². The number of nitrogens with zero attached hydrogens (tertiary/aromatic N) is 1. The molecule has 0 fully saturated rings. The molecule has 0 amide bonds. The van der Waals surface area contributed by atoms with Gasteiger partial charge in [0.25, 0.3) is 0 Å². The zero-order chi connectivity index (χ0) is 13.3. The van der Waals surface area contributed by atoms with E-state index >= 15 is 0 Å². The van der Waals surface area contributed by atoms with Gasteiger partial charge in [-0.1, -0.05) is 23.2 Å². The van der Waals surface area contributed by atoms with E-state index < -0.39 is 5.97 Å². The molecule has 5 nitrogen and oxygen atoms in total. The molecule has 0 saturated carbocycles. The lowest BCUT2D eigenvalue weighted by atomic mass is 10.3. The lowest BCUT2D eigenvalue weighted by Gasteiger charge is -1.96. The number of esters is 1. The minimum Gasteiger partial charge on any atom is -0.461 e. The van der Waals surface area contributed by atoms with Crippen molar-refractivity contribution in [1.29, 1.82) is 0 Å². The predicted octanol–water partition coefficient (Wildman–Crippen LogP) is 3.47. The van der Waals surface area contributed by atoms with Crippen molar-refractivity contribution in [2.45, 2.75) is 6.92 Å². The number of nitrogens with two attached hydrogens (primary N) is 1. The Morgan fingerprint density at radius 2 is 2.33 bits per heavy atom. The molecule has 18 heavy (non-hydrogen) atoms. The summed E-state index contributed by atoms with van der Waals surface area (Å²) in [5, 5.41) is 0. The van der Waals surface area contributed by atoms with Gasteiger partial charge in [0.15, 0.2) is 0 Å². The van der Waals surface area contributed by atoms with Gasteiger partial charge in [-0.2, -0.15) is 4.98 Å². The summed E-state index contributed by atoms with van der Waals surface area (Å²) in [5.74, 6) is -0.604. The van der Waals surface area contributed by atoms with E-state index in [2.05, 4.69) is 4.98 Å². The second kappa shape index (κ2) is 5.17. The Hall–Kier alpha value is -1.24. The Morgan fingerprint density at radius 1 is 1.61 bits per heavy atom. The molecule has 96 valence electrons. The molecule has 0 atom stereocenters. The number of halogens is 2. The highest BCUT2D eigenvalue weighted by atomic mass is 35.5. The number of anilines is 1. The van der Waals surface area contributed by atoms with Crippen LogP contribution < -0.4 is 5.73 Å².